The fraction of sp³-hybridized carbons (Fsp3) is 0.455. The fourth-order valence-corrected chi connectivity index (χ4v) is 1.30. The minimum absolute atomic E-state index is 0.0168. The van der Waals surface area contributed by atoms with E-state index >= 15 is 0 Å². The van der Waals surface area contributed by atoms with Gasteiger partial charge in [0.15, 0.2) is 0 Å². The highest BCUT2D eigenvalue weighted by atomic mass is 19.1. The van der Waals surface area contributed by atoms with Gasteiger partial charge >= 0.3 is 0 Å². The van der Waals surface area contributed by atoms with Crippen molar-refractivity contribution in [1.82, 2.24) is 0 Å². The lowest BCUT2D eigenvalue weighted by molar-refractivity contribution is 0.597. The summed E-state index contributed by atoms with van der Waals surface area (Å²) in [5, 5.41) is 0. The zero-order valence-corrected chi connectivity index (χ0v) is 7.95. The van der Waals surface area contributed by atoms with Crippen LogP contribution >= 0.6 is 0 Å². The van der Waals surface area contributed by atoms with E-state index in [1.54, 1.807) is 0 Å². The Bertz CT molecular complexity index is 277. The molecule has 0 nitrogen and oxygen atoms in total. The molecule has 0 atom stereocenters. The molecule has 12 heavy (non-hydrogen) atoms. The van der Waals surface area contributed by atoms with Crippen LogP contribution in [0.4, 0.5) is 4.39 Å². The smallest absolute Gasteiger partial charge is 0.129 e. The van der Waals surface area contributed by atoms with Crippen LogP contribution in [0.25, 0.3) is 0 Å². The molecule has 0 unspecified atom stereocenters. The second kappa shape index (κ2) is 3.70. The highest BCUT2D eigenvalue weighted by molar-refractivity contribution is 5.31. The Balaban J connectivity index is 3.08. The standard InChI is InChI=1S/C11H15F/c1-4-5-10-7-6-8(2)9(3)11(10)12/h6-7H,4-5H2,1-3H3. The lowest BCUT2D eigenvalue weighted by Gasteiger charge is -2.06. The maximum atomic E-state index is 13.4. The van der Waals surface area contributed by atoms with Crippen LogP contribution in [0.1, 0.15) is 30.0 Å². The molecule has 0 heterocycles. The predicted octanol–water partition coefficient (Wildman–Crippen LogP) is 3.40. The lowest BCUT2D eigenvalue weighted by atomic mass is 10.0. The van der Waals surface area contributed by atoms with Crippen LogP contribution in [0, 0.1) is 19.7 Å². The highest BCUT2D eigenvalue weighted by Crippen LogP contribution is 2.17. The van der Waals surface area contributed by atoms with Crippen LogP contribution in [0.5, 0.6) is 0 Å². The van der Waals surface area contributed by atoms with Gasteiger partial charge in [-0.25, -0.2) is 4.39 Å². The summed E-state index contributed by atoms with van der Waals surface area (Å²) in [6.45, 7) is 5.84. The summed E-state index contributed by atoms with van der Waals surface area (Å²) in [5.41, 5.74) is 2.67. The third kappa shape index (κ3) is 1.66. The van der Waals surface area contributed by atoms with Crippen molar-refractivity contribution in [3.8, 4) is 0 Å². The molecule has 0 N–H and O–H groups in total. The molecule has 0 fully saturated rings. The summed E-state index contributed by atoms with van der Waals surface area (Å²) >= 11 is 0. The summed E-state index contributed by atoms with van der Waals surface area (Å²) in [7, 11) is 0. The Morgan fingerprint density at radius 2 is 1.92 bits per heavy atom. The van der Waals surface area contributed by atoms with Crippen molar-refractivity contribution >= 4 is 0 Å². The quantitative estimate of drug-likeness (QED) is 0.631. The summed E-state index contributed by atoms with van der Waals surface area (Å²) in [6, 6.07) is 3.88. The van der Waals surface area contributed by atoms with Gasteiger partial charge in [-0.3, -0.25) is 0 Å². The third-order valence-electron chi connectivity index (χ3n) is 2.26. The minimum Gasteiger partial charge on any atom is -0.206 e. The van der Waals surface area contributed by atoms with Crippen molar-refractivity contribution in [3.63, 3.8) is 0 Å². The van der Waals surface area contributed by atoms with Crippen molar-refractivity contribution < 1.29 is 4.39 Å². The van der Waals surface area contributed by atoms with Gasteiger partial charge in [-0.05, 0) is 37.0 Å². The Morgan fingerprint density at radius 1 is 1.25 bits per heavy atom. The average molecular weight is 166 g/mol. The van der Waals surface area contributed by atoms with E-state index < -0.39 is 0 Å². The van der Waals surface area contributed by atoms with Crippen molar-refractivity contribution in [2.75, 3.05) is 0 Å². The number of hydrogen-bond donors (Lipinski definition) is 0. The second-order valence-corrected chi connectivity index (χ2v) is 3.23. The highest BCUT2D eigenvalue weighted by Gasteiger charge is 2.05. The van der Waals surface area contributed by atoms with Crippen LogP contribution in [0.3, 0.4) is 0 Å². The van der Waals surface area contributed by atoms with E-state index in [0.29, 0.717) is 0 Å². The fourth-order valence-electron chi connectivity index (χ4n) is 1.30. The van der Waals surface area contributed by atoms with E-state index in [4.69, 9.17) is 0 Å². The molecule has 0 spiro atoms. The molecule has 0 saturated heterocycles. The first-order chi connectivity index (χ1) is 5.66. The summed E-state index contributed by atoms with van der Waals surface area (Å²) in [4.78, 5) is 0. The Morgan fingerprint density at radius 3 is 2.50 bits per heavy atom. The normalized spacial score (nSPS) is 10.3. The molecule has 1 aromatic rings. The molecular weight excluding hydrogens is 151 g/mol. The zero-order chi connectivity index (χ0) is 9.14. The van der Waals surface area contributed by atoms with E-state index in [9.17, 15) is 4.39 Å². The number of halogens is 1. The monoisotopic (exact) mass is 166 g/mol. The van der Waals surface area contributed by atoms with E-state index in [-0.39, 0.29) is 5.82 Å². The summed E-state index contributed by atoms with van der Waals surface area (Å²) in [5.74, 6) is -0.0168. The van der Waals surface area contributed by atoms with E-state index in [1.807, 2.05) is 26.0 Å². The average Bonchev–Trinajstić information content (AvgIpc) is 2.07. The van der Waals surface area contributed by atoms with E-state index in [1.165, 1.54) is 0 Å². The van der Waals surface area contributed by atoms with Crippen LogP contribution < -0.4 is 0 Å². The Kier molecular flexibility index (Phi) is 2.85. The SMILES string of the molecule is CCCc1ccc(C)c(C)c1F. The first-order valence-electron chi connectivity index (χ1n) is 4.41. The van der Waals surface area contributed by atoms with Gasteiger partial charge in [0.05, 0.1) is 0 Å². The van der Waals surface area contributed by atoms with E-state index in [0.717, 1.165) is 29.5 Å². The largest absolute Gasteiger partial charge is 0.206 e. The van der Waals surface area contributed by atoms with Gasteiger partial charge in [0.25, 0.3) is 0 Å². The minimum atomic E-state index is -0.0168. The van der Waals surface area contributed by atoms with Gasteiger partial charge in [-0.1, -0.05) is 25.5 Å². The summed E-state index contributed by atoms with van der Waals surface area (Å²) < 4.78 is 13.4. The van der Waals surface area contributed by atoms with Crippen LogP contribution in [0.15, 0.2) is 12.1 Å². The van der Waals surface area contributed by atoms with Crippen molar-refractivity contribution in [3.05, 3.63) is 34.6 Å². The molecule has 0 aromatic heterocycles. The number of hydrogen-bond acceptors (Lipinski definition) is 0. The molecular formula is C11H15F. The molecule has 1 rings (SSSR count). The number of aryl methyl sites for hydroxylation is 2. The third-order valence-corrected chi connectivity index (χ3v) is 2.26. The maximum absolute atomic E-state index is 13.4. The van der Waals surface area contributed by atoms with Crippen molar-refractivity contribution in [2.45, 2.75) is 33.6 Å². The molecule has 0 aliphatic carbocycles. The zero-order valence-electron chi connectivity index (χ0n) is 7.95. The van der Waals surface area contributed by atoms with Crippen LogP contribution in [0.2, 0.25) is 0 Å². The molecule has 0 saturated carbocycles. The lowest BCUT2D eigenvalue weighted by Crippen LogP contribution is -1.95. The van der Waals surface area contributed by atoms with Gasteiger partial charge in [0, 0.05) is 0 Å². The molecule has 0 aliphatic heterocycles. The Hall–Kier alpha value is -0.850. The van der Waals surface area contributed by atoms with Gasteiger partial charge < -0.3 is 0 Å². The number of benzene rings is 1. The van der Waals surface area contributed by atoms with Crippen molar-refractivity contribution in [2.24, 2.45) is 0 Å². The van der Waals surface area contributed by atoms with E-state index in [2.05, 4.69) is 6.92 Å². The molecule has 1 aromatic carbocycles. The maximum Gasteiger partial charge on any atom is 0.129 e. The van der Waals surface area contributed by atoms with Gasteiger partial charge in [0.1, 0.15) is 5.82 Å². The molecule has 0 radical (unpaired) electrons. The van der Waals surface area contributed by atoms with Crippen molar-refractivity contribution in [1.29, 1.82) is 0 Å². The first-order valence-corrected chi connectivity index (χ1v) is 4.41. The van der Waals surface area contributed by atoms with Crippen LogP contribution in [-0.2, 0) is 6.42 Å². The second-order valence-electron chi connectivity index (χ2n) is 3.23. The summed E-state index contributed by atoms with van der Waals surface area (Å²) in [6.07, 6.45) is 1.84. The molecule has 0 bridgehead atoms. The van der Waals surface area contributed by atoms with Crippen LogP contribution in [-0.4, -0.2) is 0 Å². The molecule has 1 heteroatoms. The molecule has 0 aliphatic rings. The topological polar surface area (TPSA) is 0 Å². The number of rotatable bonds is 2. The predicted molar refractivity (Wildman–Crippen MR) is 49.9 cm³/mol. The molecule has 0 amide bonds. The van der Waals surface area contributed by atoms with Gasteiger partial charge in [-0.2, -0.15) is 0 Å². The van der Waals surface area contributed by atoms with Gasteiger partial charge in [-0.15, -0.1) is 0 Å². The van der Waals surface area contributed by atoms with Gasteiger partial charge in [0.2, 0.25) is 0 Å². The first kappa shape index (κ1) is 9.24. The Labute approximate surface area is 73.4 Å². The molecule has 66 valence electrons.